The molecule has 2 amide bonds. The Morgan fingerprint density at radius 3 is 2.52 bits per heavy atom. The number of carbonyl (C=O) groups excluding carboxylic acids is 5. The summed E-state index contributed by atoms with van der Waals surface area (Å²) >= 11 is 0. The van der Waals surface area contributed by atoms with Crippen molar-refractivity contribution in [2.24, 2.45) is 0 Å². The number of nitrogens with zero attached hydrogens (tertiary/aromatic N) is 1. The van der Waals surface area contributed by atoms with Crippen LogP contribution in [0.5, 0.6) is 0 Å². The summed E-state index contributed by atoms with van der Waals surface area (Å²) in [6, 6.07) is 12.7. The fraction of sp³-hybridized carbons (Fsp3) is 0.190. The summed E-state index contributed by atoms with van der Waals surface area (Å²) in [6.45, 7) is 2.31. The largest absolute Gasteiger partial charge is 0.451 e. The molecule has 1 atom stereocenters. The van der Waals surface area contributed by atoms with Crippen LogP contribution in [0.15, 0.2) is 48.5 Å². The number of ether oxygens (including phenoxy) is 1. The summed E-state index contributed by atoms with van der Waals surface area (Å²) in [4.78, 5) is 61.0. The molecule has 1 N–H and O–H groups in total. The fourth-order valence-corrected chi connectivity index (χ4v) is 2.88. The minimum absolute atomic E-state index is 0.148. The van der Waals surface area contributed by atoms with Gasteiger partial charge in [-0.15, -0.1) is 0 Å². The smallest absolute Gasteiger partial charge is 0.326 e. The number of rotatable bonds is 6. The van der Waals surface area contributed by atoms with E-state index in [1.54, 1.807) is 36.4 Å². The van der Waals surface area contributed by atoms with Crippen LogP contribution in [0.4, 0.5) is 11.4 Å². The number of carbonyl (C=O) groups is 5. The Kier molecular flexibility index (Phi) is 5.54. The molecule has 2 aromatic carbocycles. The van der Waals surface area contributed by atoms with E-state index < -0.39 is 36.2 Å². The van der Waals surface area contributed by atoms with E-state index >= 15 is 0 Å². The van der Waals surface area contributed by atoms with E-state index in [1.807, 2.05) is 0 Å². The van der Waals surface area contributed by atoms with Crippen LogP contribution >= 0.6 is 0 Å². The van der Waals surface area contributed by atoms with Gasteiger partial charge < -0.3 is 10.1 Å². The van der Waals surface area contributed by atoms with Crippen molar-refractivity contribution in [2.75, 3.05) is 16.8 Å². The van der Waals surface area contributed by atoms with E-state index in [9.17, 15) is 24.0 Å². The zero-order valence-electron chi connectivity index (χ0n) is 15.8. The SMILES string of the molecule is CC(=O)c1cccc(NC(=O)[C@H](C)OC(=O)CN2C(=O)C(=O)c3ccccc32)c1. The molecule has 3 rings (SSSR count). The molecule has 0 fully saturated rings. The molecule has 8 heteroatoms. The number of hydrogen-bond donors (Lipinski definition) is 1. The standard InChI is InChI=1S/C21H18N2O6/c1-12(24)14-6-5-7-15(10-14)22-20(27)13(2)29-18(25)11-23-17-9-4-3-8-16(17)19(26)21(23)28/h3-10,13H,11H2,1-2H3,(H,22,27)/t13-/m0/s1. The normalized spacial score (nSPS) is 13.7. The minimum atomic E-state index is -1.15. The van der Waals surface area contributed by atoms with Crippen LogP contribution in [0.1, 0.15) is 34.6 Å². The number of para-hydroxylation sites is 1. The molecular formula is C21H18N2O6. The first kappa shape index (κ1) is 19.9. The summed E-state index contributed by atoms with van der Waals surface area (Å²) in [7, 11) is 0. The molecule has 29 heavy (non-hydrogen) atoms. The first-order valence-electron chi connectivity index (χ1n) is 8.84. The minimum Gasteiger partial charge on any atom is -0.451 e. The Morgan fingerprint density at radius 2 is 1.79 bits per heavy atom. The van der Waals surface area contributed by atoms with Crippen molar-refractivity contribution in [3.63, 3.8) is 0 Å². The van der Waals surface area contributed by atoms with Crippen molar-refractivity contribution in [3.8, 4) is 0 Å². The van der Waals surface area contributed by atoms with Crippen molar-refractivity contribution < 1.29 is 28.7 Å². The first-order chi connectivity index (χ1) is 13.8. The van der Waals surface area contributed by atoms with E-state index in [4.69, 9.17) is 4.74 Å². The van der Waals surface area contributed by atoms with Gasteiger partial charge in [-0.2, -0.15) is 0 Å². The maximum absolute atomic E-state index is 12.3. The lowest BCUT2D eigenvalue weighted by Crippen LogP contribution is -2.38. The monoisotopic (exact) mass is 394 g/mol. The number of benzene rings is 2. The summed E-state index contributed by atoms with van der Waals surface area (Å²) < 4.78 is 5.10. The van der Waals surface area contributed by atoms with Gasteiger partial charge in [0.05, 0.1) is 11.3 Å². The van der Waals surface area contributed by atoms with Gasteiger partial charge in [0.15, 0.2) is 11.9 Å². The average molecular weight is 394 g/mol. The van der Waals surface area contributed by atoms with Crippen LogP contribution in [-0.4, -0.2) is 42.0 Å². The maximum Gasteiger partial charge on any atom is 0.326 e. The van der Waals surface area contributed by atoms with E-state index in [1.165, 1.54) is 26.0 Å². The summed E-state index contributed by atoms with van der Waals surface area (Å²) in [5, 5.41) is 2.56. The van der Waals surface area contributed by atoms with Crippen LogP contribution in [0.3, 0.4) is 0 Å². The second-order valence-electron chi connectivity index (χ2n) is 6.50. The third-order valence-corrected chi connectivity index (χ3v) is 4.38. The van der Waals surface area contributed by atoms with Crippen molar-refractivity contribution >= 4 is 40.7 Å². The lowest BCUT2D eigenvalue weighted by atomic mass is 10.1. The zero-order valence-corrected chi connectivity index (χ0v) is 15.8. The Hall–Kier alpha value is -3.81. The molecule has 0 saturated heterocycles. The number of anilines is 2. The summed E-state index contributed by atoms with van der Waals surface area (Å²) in [5.74, 6) is -3.08. The topological polar surface area (TPSA) is 110 Å². The number of ketones is 2. The van der Waals surface area contributed by atoms with Gasteiger partial charge in [0.1, 0.15) is 6.54 Å². The average Bonchev–Trinajstić information content (AvgIpc) is 2.93. The lowest BCUT2D eigenvalue weighted by Gasteiger charge is -2.18. The van der Waals surface area contributed by atoms with Gasteiger partial charge >= 0.3 is 5.97 Å². The van der Waals surface area contributed by atoms with E-state index in [0.717, 1.165) is 4.90 Å². The van der Waals surface area contributed by atoms with Crippen molar-refractivity contribution in [1.29, 1.82) is 0 Å². The Morgan fingerprint density at radius 1 is 1.07 bits per heavy atom. The first-order valence-corrected chi connectivity index (χ1v) is 8.84. The molecule has 0 saturated carbocycles. The van der Waals surface area contributed by atoms with E-state index in [2.05, 4.69) is 5.32 Å². The molecule has 0 unspecified atom stereocenters. The highest BCUT2D eigenvalue weighted by Crippen LogP contribution is 2.28. The highest BCUT2D eigenvalue weighted by Gasteiger charge is 2.37. The second kappa shape index (κ2) is 8.05. The number of esters is 1. The molecule has 1 heterocycles. The molecule has 0 spiro atoms. The van der Waals surface area contributed by atoms with E-state index in [0.29, 0.717) is 16.9 Å². The van der Waals surface area contributed by atoms with Gasteiger partial charge in [-0.25, -0.2) is 0 Å². The molecule has 2 aromatic rings. The molecule has 148 valence electrons. The Bertz CT molecular complexity index is 1030. The molecule has 8 nitrogen and oxygen atoms in total. The van der Waals surface area contributed by atoms with Crippen LogP contribution in [0.25, 0.3) is 0 Å². The molecule has 0 aromatic heterocycles. The van der Waals surface area contributed by atoms with Crippen LogP contribution in [-0.2, 0) is 19.1 Å². The summed E-state index contributed by atoms with van der Waals surface area (Å²) in [6.07, 6.45) is -1.15. The number of amides is 2. The third kappa shape index (κ3) is 4.21. The highest BCUT2D eigenvalue weighted by molar-refractivity contribution is 6.52. The van der Waals surface area contributed by atoms with Crippen LogP contribution in [0, 0.1) is 0 Å². The van der Waals surface area contributed by atoms with Crippen molar-refractivity contribution in [1.82, 2.24) is 0 Å². The van der Waals surface area contributed by atoms with Gasteiger partial charge in [-0.1, -0.05) is 24.3 Å². The predicted octanol–water partition coefficient (Wildman–Crippen LogP) is 1.99. The molecular weight excluding hydrogens is 376 g/mol. The Labute approximate surface area is 166 Å². The lowest BCUT2D eigenvalue weighted by molar-refractivity contribution is -0.152. The van der Waals surface area contributed by atoms with Gasteiger partial charge in [0, 0.05) is 11.3 Å². The zero-order chi connectivity index (χ0) is 21.1. The van der Waals surface area contributed by atoms with Gasteiger partial charge in [0.25, 0.3) is 17.6 Å². The highest BCUT2D eigenvalue weighted by atomic mass is 16.5. The van der Waals surface area contributed by atoms with Gasteiger partial charge in [-0.05, 0) is 38.1 Å². The molecule has 0 aliphatic carbocycles. The van der Waals surface area contributed by atoms with Crippen molar-refractivity contribution in [2.45, 2.75) is 20.0 Å². The molecule has 0 radical (unpaired) electrons. The fourth-order valence-electron chi connectivity index (χ4n) is 2.88. The van der Waals surface area contributed by atoms with Crippen LogP contribution in [0.2, 0.25) is 0 Å². The number of nitrogens with one attached hydrogen (secondary N) is 1. The second-order valence-corrected chi connectivity index (χ2v) is 6.50. The number of fused-ring (bicyclic) bond motifs is 1. The predicted molar refractivity (Wildman–Crippen MR) is 104 cm³/mol. The van der Waals surface area contributed by atoms with Crippen molar-refractivity contribution in [3.05, 3.63) is 59.7 Å². The number of Topliss-reactive ketones (excluding diaryl/α,β-unsaturated/α-hetero) is 2. The quantitative estimate of drug-likeness (QED) is 0.456. The van der Waals surface area contributed by atoms with E-state index in [-0.39, 0.29) is 11.3 Å². The van der Waals surface area contributed by atoms with Gasteiger partial charge in [0.2, 0.25) is 0 Å². The van der Waals surface area contributed by atoms with Gasteiger partial charge in [-0.3, -0.25) is 28.9 Å². The Balaban J connectivity index is 1.61. The molecule has 0 bridgehead atoms. The van der Waals surface area contributed by atoms with Crippen LogP contribution < -0.4 is 10.2 Å². The molecule has 1 aliphatic heterocycles. The third-order valence-electron chi connectivity index (χ3n) is 4.38. The summed E-state index contributed by atoms with van der Waals surface area (Å²) in [5.41, 5.74) is 1.38. The number of hydrogen-bond acceptors (Lipinski definition) is 6. The molecule has 1 aliphatic rings. The maximum atomic E-state index is 12.3.